The molecular weight excluding hydrogens is 661 g/mol. The highest BCUT2D eigenvalue weighted by Gasteiger charge is 2.25. The van der Waals surface area contributed by atoms with Gasteiger partial charge in [0.2, 0.25) is 5.91 Å². The zero-order valence-corrected chi connectivity index (χ0v) is 28.0. The van der Waals surface area contributed by atoms with E-state index in [1.807, 2.05) is 21.6 Å². The van der Waals surface area contributed by atoms with Crippen LogP contribution in [0.3, 0.4) is 0 Å². The summed E-state index contributed by atoms with van der Waals surface area (Å²) in [6.07, 6.45) is 4.16. The fraction of sp³-hybridized carbons (Fsp3) is 0.281. The maximum Gasteiger partial charge on any atom is 0.269 e. The molecule has 0 bridgehead atoms. The number of non-ortho nitro benzene ring substituents is 1. The molecule has 0 spiro atoms. The van der Waals surface area contributed by atoms with Crippen LogP contribution in [0.5, 0.6) is 0 Å². The molecule has 1 heterocycles. The summed E-state index contributed by atoms with van der Waals surface area (Å²) in [4.78, 5) is 33.0. The number of nitrogens with zero attached hydrogens (tertiary/aromatic N) is 7. The standard InChI is InChI=1S/C32H33Cl2N9O3S/c1-3-21(2)29(38-30(44)15-27-16-36-20-42(27)17-22-7-13-26(14-8-22)43(45)46)19-41(18-23-5-4-6-28(33)31(23)34)32(47)37-24-9-11-25(12-10-24)39-40-35/h4-14,16,20-21,29H,3,15,17-19H2,1-2H3,(H,37,47)(H,38,44)/t21-,29+/m0/s1. The monoisotopic (exact) mass is 693 g/mol. The zero-order valence-electron chi connectivity index (χ0n) is 25.7. The van der Waals surface area contributed by atoms with Crippen LogP contribution in [0.2, 0.25) is 10.0 Å². The molecule has 4 aromatic rings. The number of azide groups is 1. The molecule has 2 N–H and O–H groups in total. The molecule has 0 aliphatic carbocycles. The Labute approximate surface area is 287 Å². The summed E-state index contributed by atoms with van der Waals surface area (Å²) in [6.45, 7) is 5.23. The van der Waals surface area contributed by atoms with Gasteiger partial charge in [0.25, 0.3) is 5.69 Å². The van der Waals surface area contributed by atoms with Gasteiger partial charge in [-0.25, -0.2) is 4.98 Å². The van der Waals surface area contributed by atoms with E-state index < -0.39 is 4.92 Å². The number of carbonyl (C=O) groups is 1. The topological polar surface area (TPSA) is 154 Å². The maximum atomic E-state index is 13.5. The summed E-state index contributed by atoms with van der Waals surface area (Å²) < 4.78 is 1.85. The Kier molecular flexibility index (Phi) is 12.5. The number of imidazole rings is 1. The van der Waals surface area contributed by atoms with Gasteiger partial charge in [-0.05, 0) is 53.0 Å². The molecule has 0 unspecified atom stereocenters. The molecule has 0 saturated heterocycles. The van der Waals surface area contributed by atoms with E-state index in [1.54, 1.807) is 55.0 Å². The fourth-order valence-corrected chi connectivity index (χ4v) is 5.47. The van der Waals surface area contributed by atoms with E-state index in [0.717, 1.165) is 17.5 Å². The van der Waals surface area contributed by atoms with Crippen LogP contribution in [0.25, 0.3) is 10.4 Å². The van der Waals surface area contributed by atoms with Crippen LogP contribution < -0.4 is 10.6 Å². The van der Waals surface area contributed by atoms with Crippen LogP contribution in [-0.4, -0.2) is 43.0 Å². The van der Waals surface area contributed by atoms with Crippen LogP contribution in [0, 0.1) is 16.0 Å². The molecule has 3 aromatic carbocycles. The third-order valence-corrected chi connectivity index (χ3v) is 8.91. The molecule has 4 rings (SSSR count). The quantitative estimate of drug-likeness (QED) is 0.0338. The number of hydrogen-bond acceptors (Lipinski definition) is 6. The second-order valence-electron chi connectivity index (χ2n) is 10.9. The van der Waals surface area contributed by atoms with Crippen molar-refractivity contribution in [2.45, 2.75) is 45.8 Å². The number of nitrogens with one attached hydrogen (secondary N) is 2. The number of benzene rings is 3. The van der Waals surface area contributed by atoms with Crippen molar-refractivity contribution in [2.24, 2.45) is 11.0 Å². The van der Waals surface area contributed by atoms with E-state index >= 15 is 0 Å². The molecule has 0 saturated carbocycles. The minimum Gasteiger partial charge on any atom is -0.351 e. The molecule has 47 heavy (non-hydrogen) atoms. The van der Waals surface area contributed by atoms with Crippen LogP contribution in [-0.2, 0) is 24.3 Å². The van der Waals surface area contributed by atoms with Gasteiger partial charge in [-0.2, -0.15) is 0 Å². The van der Waals surface area contributed by atoms with Crippen molar-refractivity contribution in [3.8, 4) is 0 Å². The molecule has 0 fully saturated rings. The first-order valence-corrected chi connectivity index (χ1v) is 15.9. The predicted octanol–water partition coefficient (Wildman–Crippen LogP) is 8.06. The van der Waals surface area contributed by atoms with Crippen molar-refractivity contribution >= 4 is 63.5 Å². The van der Waals surface area contributed by atoms with Gasteiger partial charge in [-0.3, -0.25) is 14.9 Å². The Morgan fingerprint density at radius 2 is 1.89 bits per heavy atom. The van der Waals surface area contributed by atoms with E-state index in [1.165, 1.54) is 12.1 Å². The van der Waals surface area contributed by atoms with E-state index in [9.17, 15) is 14.9 Å². The van der Waals surface area contributed by atoms with Gasteiger partial charge in [0.1, 0.15) is 0 Å². The average Bonchev–Trinajstić information content (AvgIpc) is 3.48. The lowest BCUT2D eigenvalue weighted by atomic mass is 9.98. The highest BCUT2D eigenvalue weighted by molar-refractivity contribution is 7.80. The van der Waals surface area contributed by atoms with Crippen molar-refractivity contribution in [1.82, 2.24) is 19.8 Å². The highest BCUT2D eigenvalue weighted by Crippen LogP contribution is 2.27. The summed E-state index contributed by atoms with van der Waals surface area (Å²) in [5.74, 6) is -0.0961. The third-order valence-electron chi connectivity index (χ3n) is 7.69. The highest BCUT2D eigenvalue weighted by atomic mass is 35.5. The van der Waals surface area contributed by atoms with Gasteiger partial charge >= 0.3 is 0 Å². The lowest BCUT2D eigenvalue weighted by Crippen LogP contribution is -2.50. The number of rotatable bonds is 14. The second kappa shape index (κ2) is 16.8. The number of nitro groups is 1. The van der Waals surface area contributed by atoms with Gasteiger partial charge in [0, 0.05) is 66.0 Å². The molecular formula is C32H33Cl2N9O3S. The van der Waals surface area contributed by atoms with Gasteiger partial charge < -0.3 is 20.1 Å². The lowest BCUT2D eigenvalue weighted by Gasteiger charge is -2.33. The number of amides is 1. The predicted molar refractivity (Wildman–Crippen MR) is 188 cm³/mol. The number of thiocarbonyl (C=S) groups is 1. The minimum atomic E-state index is -0.442. The molecule has 15 heteroatoms. The Balaban J connectivity index is 1.51. The largest absolute Gasteiger partial charge is 0.351 e. The minimum absolute atomic E-state index is 0.0136. The Hall–Kier alpha value is -4.68. The van der Waals surface area contributed by atoms with Gasteiger partial charge in [-0.15, -0.1) is 0 Å². The summed E-state index contributed by atoms with van der Waals surface area (Å²) in [5, 5.41) is 22.3. The second-order valence-corrected chi connectivity index (χ2v) is 12.1. The first kappa shape index (κ1) is 35.2. The van der Waals surface area contributed by atoms with Gasteiger partial charge in [0.15, 0.2) is 5.11 Å². The summed E-state index contributed by atoms with van der Waals surface area (Å²) in [5.41, 5.74) is 12.2. The van der Waals surface area contributed by atoms with Crippen LogP contribution in [0.1, 0.15) is 37.1 Å². The van der Waals surface area contributed by atoms with E-state index in [-0.39, 0.29) is 30.0 Å². The summed E-state index contributed by atoms with van der Waals surface area (Å²) >= 11 is 18.7. The number of aromatic nitrogens is 2. The van der Waals surface area contributed by atoms with Crippen LogP contribution >= 0.6 is 35.4 Å². The fourth-order valence-electron chi connectivity index (χ4n) is 4.83. The van der Waals surface area contributed by atoms with Crippen LogP contribution in [0.15, 0.2) is 84.4 Å². The first-order chi connectivity index (χ1) is 22.6. The van der Waals surface area contributed by atoms with Crippen LogP contribution in [0.4, 0.5) is 17.1 Å². The summed E-state index contributed by atoms with van der Waals surface area (Å²) in [6, 6.07) is 18.3. The maximum absolute atomic E-state index is 13.5. The molecule has 0 aliphatic rings. The molecule has 2 atom stereocenters. The Morgan fingerprint density at radius 1 is 1.17 bits per heavy atom. The van der Waals surface area contributed by atoms with E-state index in [0.29, 0.717) is 51.9 Å². The van der Waals surface area contributed by atoms with E-state index in [2.05, 4.69) is 39.5 Å². The third kappa shape index (κ3) is 9.90. The van der Waals surface area contributed by atoms with Crippen molar-refractivity contribution in [1.29, 1.82) is 0 Å². The van der Waals surface area contributed by atoms with Crippen molar-refractivity contribution < 1.29 is 9.72 Å². The Morgan fingerprint density at radius 3 is 2.55 bits per heavy atom. The number of carbonyl (C=O) groups excluding carboxylic acids is 1. The average molecular weight is 695 g/mol. The molecule has 1 aromatic heterocycles. The van der Waals surface area contributed by atoms with Gasteiger partial charge in [0.05, 0.1) is 27.7 Å². The number of halogens is 2. The number of nitro benzene ring substituents is 1. The van der Waals surface area contributed by atoms with Gasteiger partial charge in [-0.1, -0.05) is 85.0 Å². The molecule has 0 aliphatic heterocycles. The van der Waals surface area contributed by atoms with E-state index in [4.69, 9.17) is 41.0 Å². The van der Waals surface area contributed by atoms with Crippen molar-refractivity contribution in [2.75, 3.05) is 11.9 Å². The first-order valence-electron chi connectivity index (χ1n) is 14.7. The number of anilines is 1. The molecule has 1 amide bonds. The van der Waals surface area contributed by atoms with Crippen molar-refractivity contribution in [3.05, 3.63) is 127 Å². The lowest BCUT2D eigenvalue weighted by molar-refractivity contribution is -0.384. The normalized spacial score (nSPS) is 12.0. The number of hydrogen-bond donors (Lipinski definition) is 2. The molecule has 244 valence electrons. The Bertz CT molecular complexity index is 1760. The van der Waals surface area contributed by atoms with Crippen molar-refractivity contribution in [3.63, 3.8) is 0 Å². The molecule has 0 radical (unpaired) electrons. The molecule has 12 nitrogen and oxygen atoms in total. The summed E-state index contributed by atoms with van der Waals surface area (Å²) in [7, 11) is 0. The SMILES string of the molecule is CC[C@H](C)[C@@H](CN(Cc1cccc(Cl)c1Cl)C(=S)Nc1ccc(N=[N+]=[N-])cc1)NC(=O)Cc1cncn1Cc1ccc([N+](=O)[O-])cc1. The smallest absolute Gasteiger partial charge is 0.269 e. The zero-order chi connectivity index (χ0) is 33.9.